The molecule has 0 unspecified atom stereocenters. The Bertz CT molecular complexity index is 1140. The third-order valence-electron chi connectivity index (χ3n) is 4.65. The molecule has 0 saturated carbocycles. The largest absolute Gasteiger partial charge is 0.383 e. The van der Waals surface area contributed by atoms with Crippen LogP contribution in [0.5, 0.6) is 0 Å². The molecule has 0 aliphatic carbocycles. The Morgan fingerprint density at radius 1 is 1.31 bits per heavy atom. The van der Waals surface area contributed by atoms with Gasteiger partial charge >= 0.3 is 5.69 Å². The zero-order valence-corrected chi connectivity index (χ0v) is 16.9. The lowest BCUT2D eigenvalue weighted by molar-refractivity contribution is 0.0983. The average molecular weight is 398 g/mol. The van der Waals surface area contributed by atoms with E-state index in [-0.39, 0.29) is 29.9 Å². The van der Waals surface area contributed by atoms with Crippen LogP contribution >= 0.6 is 0 Å². The smallest absolute Gasteiger partial charge is 0.330 e. The van der Waals surface area contributed by atoms with Crippen LogP contribution in [0.3, 0.4) is 0 Å². The zero-order valence-electron chi connectivity index (χ0n) is 16.9. The molecule has 9 nitrogen and oxygen atoms in total. The number of anilines is 2. The molecule has 0 atom stereocenters. The molecule has 154 valence electrons. The Morgan fingerprint density at radius 2 is 2.07 bits per heavy atom. The highest BCUT2D eigenvalue weighted by atomic mass is 16.2. The molecular weight excluding hydrogens is 372 g/mol. The van der Waals surface area contributed by atoms with Gasteiger partial charge in [0.15, 0.2) is 5.69 Å². The predicted molar refractivity (Wildman–Crippen MR) is 112 cm³/mol. The van der Waals surface area contributed by atoms with Crippen molar-refractivity contribution >= 4 is 23.1 Å². The minimum atomic E-state index is -0.669. The van der Waals surface area contributed by atoms with Gasteiger partial charge in [0.25, 0.3) is 11.5 Å². The lowest BCUT2D eigenvalue weighted by Gasteiger charge is -2.26. The highest BCUT2D eigenvalue weighted by Gasteiger charge is 2.26. The van der Waals surface area contributed by atoms with Crippen LogP contribution in [0.1, 0.15) is 44.0 Å². The number of carbonyl (C=O) groups is 1. The molecule has 0 aliphatic rings. The van der Waals surface area contributed by atoms with Crippen LogP contribution in [0.2, 0.25) is 0 Å². The number of hydrogen-bond donors (Lipinski definition) is 2. The molecule has 0 radical (unpaired) electrons. The number of rotatable bonds is 7. The van der Waals surface area contributed by atoms with Crippen LogP contribution in [0.4, 0.5) is 11.5 Å². The van der Waals surface area contributed by atoms with Crippen LogP contribution in [0, 0.1) is 5.92 Å². The first-order valence-electron chi connectivity index (χ1n) is 9.70. The maximum absolute atomic E-state index is 13.4. The summed E-state index contributed by atoms with van der Waals surface area (Å²) in [7, 11) is 0. The standard InChI is InChI=1S/C20H26N6O3/c1-4-5-9-25-17(21)16(18(27)23-20(25)29)26(11-13(2)3)19(28)14-6-7-15-22-8-10-24(15)12-14/h6-8,10,12-13H,4-5,9,11,21H2,1-3H3,(H,23,27,29). The first kappa shape index (κ1) is 20.4. The number of imidazole rings is 1. The minimum Gasteiger partial charge on any atom is -0.383 e. The van der Waals surface area contributed by atoms with Crippen molar-refractivity contribution in [2.24, 2.45) is 5.92 Å². The summed E-state index contributed by atoms with van der Waals surface area (Å²) in [5.74, 6) is -0.289. The number of pyridine rings is 1. The normalized spacial score (nSPS) is 11.3. The molecule has 3 aromatic rings. The number of unbranched alkanes of at least 4 members (excludes halogenated alkanes) is 1. The van der Waals surface area contributed by atoms with Gasteiger partial charge < -0.3 is 15.0 Å². The third kappa shape index (κ3) is 4.08. The maximum atomic E-state index is 13.4. The van der Waals surface area contributed by atoms with Crippen molar-refractivity contribution < 1.29 is 4.79 Å². The summed E-state index contributed by atoms with van der Waals surface area (Å²) in [5.41, 5.74) is 6.09. The molecule has 0 bridgehead atoms. The van der Waals surface area contributed by atoms with Gasteiger partial charge in [-0.2, -0.15) is 0 Å². The quantitative estimate of drug-likeness (QED) is 0.630. The Balaban J connectivity index is 2.12. The first-order chi connectivity index (χ1) is 13.8. The summed E-state index contributed by atoms with van der Waals surface area (Å²) in [6.07, 6.45) is 6.63. The second-order valence-corrected chi connectivity index (χ2v) is 7.42. The average Bonchev–Trinajstić information content (AvgIpc) is 3.13. The molecule has 3 rings (SSSR count). The van der Waals surface area contributed by atoms with Gasteiger partial charge in [-0.1, -0.05) is 27.2 Å². The van der Waals surface area contributed by atoms with E-state index in [1.54, 1.807) is 35.1 Å². The van der Waals surface area contributed by atoms with E-state index in [2.05, 4.69) is 9.97 Å². The fraction of sp³-hybridized carbons (Fsp3) is 0.400. The Kier molecular flexibility index (Phi) is 5.86. The number of nitrogens with zero attached hydrogens (tertiary/aromatic N) is 4. The molecule has 29 heavy (non-hydrogen) atoms. The SMILES string of the molecule is CCCCn1c(N)c(N(CC(C)C)C(=O)c2ccc3nccn3c2)c(=O)[nH]c1=O. The molecule has 9 heteroatoms. The molecule has 3 aromatic heterocycles. The molecule has 0 aromatic carbocycles. The van der Waals surface area contributed by atoms with Gasteiger partial charge in [-0.15, -0.1) is 0 Å². The number of hydrogen-bond acceptors (Lipinski definition) is 5. The first-order valence-corrected chi connectivity index (χ1v) is 9.70. The minimum absolute atomic E-state index is 0.00455. The van der Waals surface area contributed by atoms with E-state index in [9.17, 15) is 14.4 Å². The summed E-state index contributed by atoms with van der Waals surface area (Å²) in [4.78, 5) is 46.1. The van der Waals surface area contributed by atoms with Crippen LogP contribution in [0.15, 0.2) is 40.3 Å². The number of carbonyl (C=O) groups excluding carboxylic acids is 1. The second-order valence-electron chi connectivity index (χ2n) is 7.42. The number of amides is 1. The second kappa shape index (κ2) is 8.34. The molecule has 1 amide bonds. The number of nitrogens with two attached hydrogens (primary N) is 1. The van der Waals surface area contributed by atoms with Crippen LogP contribution in [0.25, 0.3) is 5.65 Å². The topological polar surface area (TPSA) is 118 Å². The maximum Gasteiger partial charge on any atom is 0.330 e. The van der Waals surface area contributed by atoms with E-state index in [1.165, 1.54) is 9.47 Å². The number of fused-ring (bicyclic) bond motifs is 1. The van der Waals surface area contributed by atoms with Crippen molar-refractivity contribution in [2.45, 2.75) is 40.2 Å². The van der Waals surface area contributed by atoms with Gasteiger partial charge in [0.05, 0.1) is 5.56 Å². The summed E-state index contributed by atoms with van der Waals surface area (Å²) in [6.45, 7) is 6.53. The van der Waals surface area contributed by atoms with Gasteiger partial charge in [0.2, 0.25) is 0 Å². The Labute approximate surface area is 167 Å². The van der Waals surface area contributed by atoms with Crippen molar-refractivity contribution in [3.63, 3.8) is 0 Å². The van der Waals surface area contributed by atoms with Gasteiger partial charge in [-0.3, -0.25) is 19.1 Å². The number of aromatic amines is 1. The van der Waals surface area contributed by atoms with Crippen molar-refractivity contribution in [2.75, 3.05) is 17.2 Å². The van der Waals surface area contributed by atoms with Crippen LogP contribution < -0.4 is 21.9 Å². The van der Waals surface area contributed by atoms with E-state index in [1.807, 2.05) is 20.8 Å². The number of aromatic nitrogens is 4. The molecule has 0 spiro atoms. The zero-order chi connectivity index (χ0) is 21.1. The van der Waals surface area contributed by atoms with Crippen molar-refractivity contribution in [3.8, 4) is 0 Å². The summed E-state index contributed by atoms with van der Waals surface area (Å²) < 4.78 is 3.05. The van der Waals surface area contributed by atoms with Gasteiger partial charge in [-0.05, 0) is 24.5 Å². The highest BCUT2D eigenvalue weighted by molar-refractivity contribution is 6.07. The van der Waals surface area contributed by atoms with E-state index in [0.717, 1.165) is 12.8 Å². The number of nitrogens with one attached hydrogen (secondary N) is 1. The number of H-pyrrole nitrogens is 1. The molecule has 0 fully saturated rings. The van der Waals surface area contributed by atoms with Gasteiger partial charge in [0.1, 0.15) is 11.5 Å². The lowest BCUT2D eigenvalue weighted by atomic mass is 10.1. The van der Waals surface area contributed by atoms with Crippen molar-refractivity contribution in [1.29, 1.82) is 0 Å². The molecule has 0 saturated heterocycles. The lowest BCUT2D eigenvalue weighted by Crippen LogP contribution is -2.42. The predicted octanol–water partition coefficient (Wildman–Crippen LogP) is 1.87. The molecule has 0 aliphatic heterocycles. The fourth-order valence-corrected chi connectivity index (χ4v) is 3.22. The molecule has 3 N–H and O–H groups in total. The Hall–Kier alpha value is -3.36. The van der Waals surface area contributed by atoms with Gasteiger partial charge in [0, 0.05) is 31.7 Å². The Morgan fingerprint density at radius 3 is 2.76 bits per heavy atom. The van der Waals surface area contributed by atoms with E-state index < -0.39 is 11.2 Å². The van der Waals surface area contributed by atoms with Crippen LogP contribution in [-0.2, 0) is 6.54 Å². The van der Waals surface area contributed by atoms with E-state index >= 15 is 0 Å². The molecule has 3 heterocycles. The van der Waals surface area contributed by atoms with E-state index in [4.69, 9.17) is 5.73 Å². The van der Waals surface area contributed by atoms with Crippen molar-refractivity contribution in [1.82, 2.24) is 18.9 Å². The highest BCUT2D eigenvalue weighted by Crippen LogP contribution is 2.21. The molecular formula is C20H26N6O3. The summed E-state index contributed by atoms with van der Waals surface area (Å²) in [5, 5.41) is 0. The van der Waals surface area contributed by atoms with Crippen molar-refractivity contribution in [3.05, 3.63) is 57.1 Å². The monoisotopic (exact) mass is 398 g/mol. The fourth-order valence-electron chi connectivity index (χ4n) is 3.22. The van der Waals surface area contributed by atoms with Crippen LogP contribution in [-0.4, -0.2) is 31.4 Å². The third-order valence-corrected chi connectivity index (χ3v) is 4.65. The summed E-state index contributed by atoms with van der Waals surface area (Å²) >= 11 is 0. The number of nitrogen functional groups attached to an aromatic ring is 1. The van der Waals surface area contributed by atoms with E-state index in [0.29, 0.717) is 17.8 Å². The van der Waals surface area contributed by atoms with Gasteiger partial charge in [-0.25, -0.2) is 9.78 Å². The summed E-state index contributed by atoms with van der Waals surface area (Å²) in [6, 6.07) is 3.39.